The van der Waals surface area contributed by atoms with Crippen molar-refractivity contribution in [3.63, 3.8) is 0 Å². The van der Waals surface area contributed by atoms with Crippen molar-refractivity contribution in [2.75, 3.05) is 12.5 Å². The molecule has 0 amide bonds. The summed E-state index contributed by atoms with van der Waals surface area (Å²) in [6.07, 6.45) is 0. The van der Waals surface area contributed by atoms with Crippen molar-refractivity contribution >= 4 is 11.4 Å². The molecule has 4 heteroatoms. The van der Waals surface area contributed by atoms with E-state index in [1.165, 1.54) is 19.2 Å². The van der Waals surface area contributed by atoms with Gasteiger partial charge in [-0.2, -0.15) is 5.10 Å². The molecule has 0 saturated carbocycles. The van der Waals surface area contributed by atoms with E-state index < -0.39 is 0 Å². The molecule has 0 aromatic heterocycles. The molecule has 24 heavy (non-hydrogen) atoms. The van der Waals surface area contributed by atoms with Crippen LogP contribution in [0.25, 0.3) is 0 Å². The van der Waals surface area contributed by atoms with Gasteiger partial charge in [-0.15, -0.1) is 0 Å². The largest absolute Gasteiger partial charge is 0.495 e. The van der Waals surface area contributed by atoms with Crippen LogP contribution in [0.5, 0.6) is 5.75 Å². The molecule has 0 atom stereocenters. The molecule has 0 unspecified atom stereocenters. The fraction of sp³-hybridized carbons (Fsp3) is 0.0500. The number of hydrazone groups is 1. The van der Waals surface area contributed by atoms with Gasteiger partial charge in [0, 0.05) is 17.2 Å². The van der Waals surface area contributed by atoms with Crippen molar-refractivity contribution in [3.05, 3.63) is 95.8 Å². The van der Waals surface area contributed by atoms with Crippen LogP contribution in [-0.4, -0.2) is 12.8 Å². The Kier molecular flexibility index (Phi) is 4.87. The normalized spacial score (nSPS) is 10.1. The molecule has 0 radical (unpaired) electrons. The van der Waals surface area contributed by atoms with Gasteiger partial charge in [0.1, 0.15) is 17.3 Å². The quantitative estimate of drug-likeness (QED) is 0.546. The lowest BCUT2D eigenvalue weighted by molar-refractivity contribution is 0.415. The molecule has 0 aliphatic rings. The van der Waals surface area contributed by atoms with Crippen LogP contribution >= 0.6 is 0 Å². The molecule has 1 N–H and O–H groups in total. The third-order valence-electron chi connectivity index (χ3n) is 3.54. The van der Waals surface area contributed by atoms with E-state index in [0.29, 0.717) is 11.4 Å². The van der Waals surface area contributed by atoms with E-state index in [2.05, 4.69) is 10.5 Å². The zero-order chi connectivity index (χ0) is 16.8. The zero-order valence-electron chi connectivity index (χ0n) is 13.2. The fourth-order valence-electron chi connectivity index (χ4n) is 2.37. The average molecular weight is 320 g/mol. The molecular weight excluding hydrogens is 303 g/mol. The second-order valence-corrected chi connectivity index (χ2v) is 5.15. The third-order valence-corrected chi connectivity index (χ3v) is 3.54. The SMILES string of the molecule is COc1ccc(F)cc1NN=C(c1ccccc1)c1ccccc1. The summed E-state index contributed by atoms with van der Waals surface area (Å²) >= 11 is 0. The zero-order valence-corrected chi connectivity index (χ0v) is 13.2. The molecule has 0 bridgehead atoms. The summed E-state index contributed by atoms with van der Waals surface area (Å²) in [5.74, 6) is 0.176. The number of hydrogen-bond donors (Lipinski definition) is 1. The van der Waals surface area contributed by atoms with E-state index in [1.54, 1.807) is 6.07 Å². The predicted molar refractivity (Wildman–Crippen MR) is 95.1 cm³/mol. The number of rotatable bonds is 5. The van der Waals surface area contributed by atoms with Gasteiger partial charge in [-0.25, -0.2) is 4.39 Å². The summed E-state index contributed by atoms with van der Waals surface area (Å²) in [4.78, 5) is 0. The van der Waals surface area contributed by atoms with Crippen LogP contribution < -0.4 is 10.2 Å². The van der Waals surface area contributed by atoms with Crippen molar-refractivity contribution < 1.29 is 9.13 Å². The van der Waals surface area contributed by atoms with E-state index in [1.807, 2.05) is 60.7 Å². The number of benzene rings is 3. The van der Waals surface area contributed by atoms with Crippen LogP contribution in [0.2, 0.25) is 0 Å². The highest BCUT2D eigenvalue weighted by molar-refractivity contribution is 6.13. The van der Waals surface area contributed by atoms with Crippen molar-refractivity contribution in [2.45, 2.75) is 0 Å². The summed E-state index contributed by atoms with van der Waals surface area (Å²) in [5, 5.41) is 4.50. The number of hydrogen-bond acceptors (Lipinski definition) is 3. The molecular formula is C20H17FN2O. The van der Waals surface area contributed by atoms with Gasteiger partial charge in [0.25, 0.3) is 0 Å². The van der Waals surface area contributed by atoms with Crippen molar-refractivity contribution in [1.29, 1.82) is 0 Å². The lowest BCUT2D eigenvalue weighted by atomic mass is 10.0. The minimum atomic E-state index is -0.352. The van der Waals surface area contributed by atoms with E-state index >= 15 is 0 Å². The van der Waals surface area contributed by atoms with Crippen LogP contribution in [0.3, 0.4) is 0 Å². The number of nitrogens with zero attached hydrogens (tertiary/aromatic N) is 1. The summed E-state index contributed by atoms with van der Waals surface area (Å²) in [6, 6.07) is 23.9. The number of anilines is 1. The highest BCUT2D eigenvalue weighted by atomic mass is 19.1. The number of halogens is 1. The first-order valence-corrected chi connectivity index (χ1v) is 7.56. The maximum absolute atomic E-state index is 13.5. The first kappa shape index (κ1) is 15.7. The Bertz CT molecular complexity index is 791. The van der Waals surface area contributed by atoms with Gasteiger partial charge in [-0.1, -0.05) is 60.7 Å². The second kappa shape index (κ2) is 7.42. The molecule has 0 aliphatic heterocycles. The van der Waals surface area contributed by atoms with E-state index in [-0.39, 0.29) is 5.82 Å². The predicted octanol–water partition coefficient (Wildman–Crippen LogP) is 4.70. The van der Waals surface area contributed by atoms with Gasteiger partial charge >= 0.3 is 0 Å². The monoisotopic (exact) mass is 320 g/mol. The Labute approximate surface area is 140 Å². The highest BCUT2D eigenvalue weighted by Gasteiger charge is 2.08. The summed E-state index contributed by atoms with van der Waals surface area (Å²) in [6.45, 7) is 0. The lowest BCUT2D eigenvalue weighted by Crippen LogP contribution is -2.07. The molecule has 3 nitrogen and oxygen atoms in total. The Morgan fingerprint density at radius 1 is 0.875 bits per heavy atom. The van der Waals surface area contributed by atoms with Gasteiger partial charge in [0.2, 0.25) is 0 Å². The van der Waals surface area contributed by atoms with E-state index in [9.17, 15) is 4.39 Å². The Hall–Kier alpha value is -3.14. The molecule has 0 aliphatic carbocycles. The number of nitrogens with one attached hydrogen (secondary N) is 1. The highest BCUT2D eigenvalue weighted by Crippen LogP contribution is 2.25. The van der Waals surface area contributed by atoms with Crippen LogP contribution in [0.4, 0.5) is 10.1 Å². The van der Waals surface area contributed by atoms with Crippen LogP contribution in [-0.2, 0) is 0 Å². The van der Waals surface area contributed by atoms with E-state index in [4.69, 9.17) is 4.74 Å². The van der Waals surface area contributed by atoms with Crippen molar-refractivity contribution in [3.8, 4) is 5.75 Å². The molecule has 3 rings (SSSR count). The molecule has 120 valence electrons. The van der Waals surface area contributed by atoms with Gasteiger partial charge < -0.3 is 4.74 Å². The average Bonchev–Trinajstić information content (AvgIpc) is 2.64. The minimum absolute atomic E-state index is 0.352. The molecule has 0 spiro atoms. The third kappa shape index (κ3) is 3.60. The van der Waals surface area contributed by atoms with Gasteiger partial charge in [-0.05, 0) is 12.1 Å². The molecule has 0 heterocycles. The van der Waals surface area contributed by atoms with E-state index in [0.717, 1.165) is 16.8 Å². The summed E-state index contributed by atoms with van der Waals surface area (Å²) < 4.78 is 18.8. The first-order chi connectivity index (χ1) is 11.8. The van der Waals surface area contributed by atoms with Crippen LogP contribution in [0, 0.1) is 5.82 Å². The maximum Gasteiger partial charge on any atom is 0.144 e. The Morgan fingerprint density at radius 3 is 2.00 bits per heavy atom. The van der Waals surface area contributed by atoms with Gasteiger partial charge in [0.15, 0.2) is 0 Å². The smallest absolute Gasteiger partial charge is 0.144 e. The Balaban J connectivity index is 2.01. The molecule has 3 aromatic rings. The van der Waals surface area contributed by atoms with Crippen molar-refractivity contribution in [1.82, 2.24) is 0 Å². The number of ether oxygens (including phenoxy) is 1. The minimum Gasteiger partial charge on any atom is -0.495 e. The lowest BCUT2D eigenvalue weighted by Gasteiger charge is -2.11. The Morgan fingerprint density at radius 2 is 1.46 bits per heavy atom. The number of methoxy groups -OCH3 is 1. The first-order valence-electron chi connectivity index (χ1n) is 7.56. The topological polar surface area (TPSA) is 33.6 Å². The molecule has 0 fully saturated rings. The fourth-order valence-corrected chi connectivity index (χ4v) is 2.37. The molecule has 3 aromatic carbocycles. The van der Waals surface area contributed by atoms with Gasteiger partial charge in [0.05, 0.1) is 12.8 Å². The summed E-state index contributed by atoms with van der Waals surface area (Å²) in [5.41, 5.74) is 6.09. The van der Waals surface area contributed by atoms with Crippen LogP contribution in [0.15, 0.2) is 84.0 Å². The second-order valence-electron chi connectivity index (χ2n) is 5.15. The summed E-state index contributed by atoms with van der Waals surface area (Å²) in [7, 11) is 1.54. The standard InChI is InChI=1S/C20H17FN2O/c1-24-19-13-12-17(21)14-18(19)22-23-20(15-8-4-2-5-9-15)16-10-6-3-7-11-16/h2-14,22H,1H3. The maximum atomic E-state index is 13.5. The molecule has 0 saturated heterocycles. The van der Waals surface area contributed by atoms with Crippen LogP contribution in [0.1, 0.15) is 11.1 Å². The van der Waals surface area contributed by atoms with Crippen molar-refractivity contribution in [2.24, 2.45) is 5.10 Å². The van der Waals surface area contributed by atoms with Gasteiger partial charge in [-0.3, -0.25) is 5.43 Å².